The van der Waals surface area contributed by atoms with Crippen LogP contribution in [0.25, 0.3) is 0 Å². The zero-order valence-corrected chi connectivity index (χ0v) is 13.3. The highest BCUT2D eigenvalue weighted by Crippen LogP contribution is 2.23. The minimum Gasteiger partial charge on any atom is -0.497 e. The summed E-state index contributed by atoms with van der Waals surface area (Å²) in [6, 6.07) is 16.0. The number of carbonyl (C=O) groups is 1. The molecule has 0 spiro atoms. The Morgan fingerprint density at radius 3 is 2.74 bits per heavy atom. The number of rotatable bonds is 5. The summed E-state index contributed by atoms with van der Waals surface area (Å²) >= 11 is 0. The van der Waals surface area contributed by atoms with Crippen molar-refractivity contribution in [3.8, 4) is 5.75 Å². The molecule has 2 aromatic carbocycles. The minimum absolute atomic E-state index is 0.0365. The Hall–Kier alpha value is -2.33. The number of fused-ring (bicyclic) bond motifs is 1. The fraction of sp³-hybridized carbons (Fsp3) is 0.316. The van der Waals surface area contributed by atoms with Crippen molar-refractivity contribution in [2.75, 3.05) is 20.3 Å². The van der Waals surface area contributed by atoms with Crippen LogP contribution in [0.4, 0.5) is 0 Å². The van der Waals surface area contributed by atoms with Crippen molar-refractivity contribution in [3.05, 3.63) is 65.2 Å². The van der Waals surface area contributed by atoms with Gasteiger partial charge in [-0.25, -0.2) is 0 Å². The van der Waals surface area contributed by atoms with Crippen LogP contribution in [0, 0.1) is 0 Å². The van der Waals surface area contributed by atoms with Gasteiger partial charge in [-0.15, -0.1) is 0 Å². The summed E-state index contributed by atoms with van der Waals surface area (Å²) in [5.41, 5.74) is 3.53. The molecular weight excluding hydrogens is 290 g/mol. The quantitative estimate of drug-likeness (QED) is 0.852. The highest BCUT2D eigenvalue weighted by molar-refractivity contribution is 5.77. The lowest BCUT2D eigenvalue weighted by atomic mass is 9.99. The molecule has 120 valence electrons. The number of benzene rings is 2. The molecule has 2 aromatic rings. The van der Waals surface area contributed by atoms with Gasteiger partial charge in [-0.3, -0.25) is 4.79 Å². The summed E-state index contributed by atoms with van der Waals surface area (Å²) in [4.78, 5) is 14.2. The van der Waals surface area contributed by atoms with Crippen LogP contribution in [0.5, 0.6) is 5.75 Å². The van der Waals surface area contributed by atoms with E-state index in [9.17, 15) is 4.79 Å². The van der Waals surface area contributed by atoms with E-state index in [2.05, 4.69) is 6.07 Å². The van der Waals surface area contributed by atoms with Crippen LogP contribution in [-0.4, -0.2) is 31.1 Å². The first-order chi connectivity index (χ1) is 11.3. The molecule has 4 nitrogen and oxygen atoms in total. The zero-order chi connectivity index (χ0) is 16.1. The Kier molecular flexibility index (Phi) is 4.93. The third-order valence-electron chi connectivity index (χ3n) is 4.12. The molecule has 3 rings (SSSR count). The molecule has 23 heavy (non-hydrogen) atoms. The van der Waals surface area contributed by atoms with Crippen molar-refractivity contribution in [1.82, 2.24) is 4.90 Å². The highest BCUT2D eigenvalue weighted by atomic mass is 16.5. The van der Waals surface area contributed by atoms with Gasteiger partial charge in [0.05, 0.1) is 13.7 Å². The van der Waals surface area contributed by atoms with E-state index < -0.39 is 0 Å². The Labute approximate surface area is 136 Å². The molecule has 4 heteroatoms. The van der Waals surface area contributed by atoms with E-state index in [1.54, 1.807) is 7.11 Å². The molecule has 0 unspecified atom stereocenters. The van der Waals surface area contributed by atoms with E-state index in [-0.39, 0.29) is 12.5 Å². The second-order valence-corrected chi connectivity index (χ2v) is 5.68. The van der Waals surface area contributed by atoms with Crippen molar-refractivity contribution in [2.45, 2.75) is 19.6 Å². The maximum atomic E-state index is 12.3. The topological polar surface area (TPSA) is 38.8 Å². The molecule has 1 heterocycles. The van der Waals surface area contributed by atoms with Crippen LogP contribution in [0.2, 0.25) is 0 Å². The maximum absolute atomic E-state index is 12.3. The van der Waals surface area contributed by atoms with Crippen molar-refractivity contribution in [2.24, 2.45) is 0 Å². The normalized spacial score (nSPS) is 13.5. The lowest BCUT2D eigenvalue weighted by Crippen LogP contribution is -2.38. The second-order valence-electron chi connectivity index (χ2n) is 5.68. The molecular formula is C19H21NO3. The summed E-state index contributed by atoms with van der Waals surface area (Å²) < 4.78 is 10.8. The molecule has 0 fully saturated rings. The average molecular weight is 311 g/mol. The average Bonchev–Trinajstić information content (AvgIpc) is 2.61. The Morgan fingerprint density at radius 2 is 1.96 bits per heavy atom. The number of amides is 1. The first-order valence-electron chi connectivity index (χ1n) is 7.81. The summed E-state index contributed by atoms with van der Waals surface area (Å²) in [6.07, 6.45) is 0.879. The number of hydrogen-bond donors (Lipinski definition) is 0. The summed E-state index contributed by atoms with van der Waals surface area (Å²) in [6.45, 7) is 1.95. The number of ether oxygens (including phenoxy) is 2. The Bertz CT molecular complexity index is 670. The van der Waals surface area contributed by atoms with Crippen LogP contribution in [0.15, 0.2) is 48.5 Å². The van der Waals surface area contributed by atoms with Crippen LogP contribution in [0.1, 0.15) is 16.7 Å². The van der Waals surface area contributed by atoms with Crippen LogP contribution in [0.3, 0.4) is 0 Å². The zero-order valence-electron chi connectivity index (χ0n) is 13.3. The fourth-order valence-electron chi connectivity index (χ4n) is 2.80. The fourth-order valence-corrected chi connectivity index (χ4v) is 2.80. The first kappa shape index (κ1) is 15.6. The third kappa shape index (κ3) is 3.90. The van der Waals surface area contributed by atoms with Gasteiger partial charge in [-0.05, 0) is 35.2 Å². The largest absolute Gasteiger partial charge is 0.497 e. The molecule has 0 bridgehead atoms. The van der Waals surface area contributed by atoms with E-state index >= 15 is 0 Å². The van der Waals surface area contributed by atoms with Crippen LogP contribution >= 0.6 is 0 Å². The third-order valence-corrected chi connectivity index (χ3v) is 4.12. The van der Waals surface area contributed by atoms with Gasteiger partial charge in [0.1, 0.15) is 12.4 Å². The minimum atomic E-state index is 0.0365. The first-order valence-corrected chi connectivity index (χ1v) is 7.81. The Balaban J connectivity index is 1.54. The molecule has 0 saturated carbocycles. The molecule has 0 radical (unpaired) electrons. The van der Waals surface area contributed by atoms with Gasteiger partial charge in [0.2, 0.25) is 5.91 Å². The predicted octanol–water partition coefficient (Wildman–Crippen LogP) is 2.80. The summed E-state index contributed by atoms with van der Waals surface area (Å²) in [7, 11) is 1.66. The molecule has 0 N–H and O–H groups in total. The number of hydrogen-bond acceptors (Lipinski definition) is 3. The van der Waals surface area contributed by atoms with Crippen LogP contribution < -0.4 is 4.74 Å². The van der Waals surface area contributed by atoms with Gasteiger partial charge in [-0.1, -0.05) is 36.4 Å². The smallest absolute Gasteiger partial charge is 0.248 e. The summed E-state index contributed by atoms with van der Waals surface area (Å²) in [5, 5.41) is 0. The second kappa shape index (κ2) is 7.29. The molecule has 0 aliphatic carbocycles. The van der Waals surface area contributed by atoms with Crippen molar-refractivity contribution in [3.63, 3.8) is 0 Å². The summed E-state index contributed by atoms with van der Waals surface area (Å²) in [5.74, 6) is 0.868. The molecule has 0 aromatic heterocycles. The molecule has 1 aliphatic rings. The predicted molar refractivity (Wildman–Crippen MR) is 88.2 cm³/mol. The Morgan fingerprint density at radius 1 is 1.13 bits per heavy atom. The maximum Gasteiger partial charge on any atom is 0.248 e. The van der Waals surface area contributed by atoms with Crippen molar-refractivity contribution < 1.29 is 14.3 Å². The van der Waals surface area contributed by atoms with Gasteiger partial charge in [0.15, 0.2) is 0 Å². The molecule has 0 saturated heterocycles. The lowest BCUT2D eigenvalue weighted by Gasteiger charge is -2.29. The molecule has 1 aliphatic heterocycles. The van der Waals surface area contributed by atoms with Crippen molar-refractivity contribution >= 4 is 5.91 Å². The van der Waals surface area contributed by atoms with Gasteiger partial charge < -0.3 is 14.4 Å². The standard InChI is InChI=1S/C19H21NO3/c1-22-18-8-7-16-9-10-20(12-17(16)11-18)19(21)14-23-13-15-5-3-2-4-6-15/h2-8,11H,9-10,12-14H2,1H3. The van der Waals surface area contributed by atoms with Gasteiger partial charge in [0.25, 0.3) is 0 Å². The van der Waals surface area contributed by atoms with E-state index in [0.29, 0.717) is 13.2 Å². The number of methoxy groups -OCH3 is 1. The highest BCUT2D eigenvalue weighted by Gasteiger charge is 2.21. The molecule has 1 amide bonds. The monoisotopic (exact) mass is 311 g/mol. The SMILES string of the molecule is COc1ccc2c(c1)CN(C(=O)COCc1ccccc1)CC2. The van der Waals surface area contributed by atoms with Gasteiger partial charge in [0, 0.05) is 13.1 Å². The van der Waals surface area contributed by atoms with E-state index in [0.717, 1.165) is 29.8 Å². The van der Waals surface area contributed by atoms with Crippen molar-refractivity contribution in [1.29, 1.82) is 0 Å². The van der Waals surface area contributed by atoms with E-state index in [1.165, 1.54) is 5.56 Å². The van der Waals surface area contributed by atoms with Gasteiger partial charge in [-0.2, -0.15) is 0 Å². The van der Waals surface area contributed by atoms with Gasteiger partial charge >= 0.3 is 0 Å². The number of nitrogens with zero attached hydrogens (tertiary/aromatic N) is 1. The van der Waals surface area contributed by atoms with E-state index in [1.807, 2.05) is 47.4 Å². The van der Waals surface area contributed by atoms with E-state index in [4.69, 9.17) is 9.47 Å². The lowest BCUT2D eigenvalue weighted by molar-refractivity contribution is -0.137. The van der Waals surface area contributed by atoms with Crippen LogP contribution in [-0.2, 0) is 29.1 Å². The molecule has 0 atom stereocenters. The number of carbonyl (C=O) groups excluding carboxylic acids is 1.